The van der Waals surface area contributed by atoms with Gasteiger partial charge in [-0.25, -0.2) is 0 Å². The molecule has 23 heavy (non-hydrogen) atoms. The molecule has 120 valence electrons. The highest BCUT2D eigenvalue weighted by atomic mass is 35.5. The molecule has 0 saturated carbocycles. The second-order valence-electron chi connectivity index (χ2n) is 4.71. The Morgan fingerprint density at radius 1 is 1.30 bits per heavy atom. The first-order chi connectivity index (χ1) is 11.0. The van der Waals surface area contributed by atoms with Crippen LogP contribution in [0, 0.1) is 10.1 Å². The number of rotatable bonds is 5. The highest BCUT2D eigenvalue weighted by Gasteiger charge is 2.11. The maximum atomic E-state index is 10.6. The van der Waals surface area contributed by atoms with Gasteiger partial charge in [-0.05, 0) is 48.1 Å². The molecule has 0 saturated heterocycles. The molecule has 2 aromatic carbocycles. The lowest BCUT2D eigenvalue weighted by molar-refractivity contribution is -0.384. The van der Waals surface area contributed by atoms with Crippen molar-refractivity contribution in [1.29, 1.82) is 0 Å². The molecule has 0 aromatic heterocycles. The molecule has 0 amide bonds. The lowest BCUT2D eigenvalue weighted by Gasteiger charge is -2.15. The predicted molar refractivity (Wildman–Crippen MR) is 93.7 cm³/mol. The number of benzene rings is 2. The number of hydrogen-bond acceptors (Lipinski definition) is 4. The Kier molecular flexibility index (Phi) is 5.86. The maximum absolute atomic E-state index is 10.6. The summed E-state index contributed by atoms with van der Waals surface area (Å²) in [5.41, 5.74) is 1.28. The Labute approximate surface area is 143 Å². The van der Waals surface area contributed by atoms with Crippen molar-refractivity contribution in [2.24, 2.45) is 0 Å². The summed E-state index contributed by atoms with van der Waals surface area (Å²) in [6.07, 6.45) is -0.838. The Balaban J connectivity index is 1.87. The first kappa shape index (κ1) is 17.1. The van der Waals surface area contributed by atoms with Gasteiger partial charge in [0.05, 0.1) is 11.0 Å². The van der Waals surface area contributed by atoms with E-state index in [0.29, 0.717) is 15.7 Å². The second-order valence-corrected chi connectivity index (χ2v) is 5.55. The summed E-state index contributed by atoms with van der Waals surface area (Å²) >= 11 is 11.0. The largest absolute Gasteiger partial charge is 0.387 e. The summed E-state index contributed by atoms with van der Waals surface area (Å²) < 4.78 is 0. The molecular formula is C15H14ClN3O3S. The fraction of sp³-hybridized carbons (Fsp3) is 0.133. The van der Waals surface area contributed by atoms with E-state index in [0.717, 1.165) is 5.69 Å². The van der Waals surface area contributed by atoms with Crippen molar-refractivity contribution < 1.29 is 10.0 Å². The molecule has 0 heterocycles. The number of aliphatic hydroxyl groups excluding tert-OH is 1. The minimum atomic E-state index is -0.838. The Morgan fingerprint density at radius 2 is 2.00 bits per heavy atom. The number of thiocarbonyl (C=S) groups is 1. The van der Waals surface area contributed by atoms with Gasteiger partial charge in [-0.15, -0.1) is 0 Å². The molecule has 0 aliphatic carbocycles. The number of nitro benzene ring substituents is 1. The molecule has 2 aromatic rings. The van der Waals surface area contributed by atoms with E-state index in [1.165, 1.54) is 24.3 Å². The van der Waals surface area contributed by atoms with Gasteiger partial charge in [0, 0.05) is 29.4 Å². The highest BCUT2D eigenvalue weighted by Crippen LogP contribution is 2.17. The average molecular weight is 352 g/mol. The fourth-order valence-corrected chi connectivity index (χ4v) is 2.26. The monoisotopic (exact) mass is 351 g/mol. The van der Waals surface area contributed by atoms with Crippen molar-refractivity contribution in [1.82, 2.24) is 5.32 Å². The molecule has 0 radical (unpaired) electrons. The van der Waals surface area contributed by atoms with Crippen LogP contribution in [0.25, 0.3) is 0 Å². The number of non-ortho nitro benzene ring substituents is 1. The van der Waals surface area contributed by atoms with Crippen LogP contribution in [0.15, 0.2) is 48.5 Å². The minimum Gasteiger partial charge on any atom is -0.387 e. The van der Waals surface area contributed by atoms with Gasteiger partial charge in [0.1, 0.15) is 0 Å². The van der Waals surface area contributed by atoms with Crippen LogP contribution in [-0.4, -0.2) is 21.7 Å². The number of nitrogens with zero attached hydrogens (tertiary/aromatic N) is 1. The lowest BCUT2D eigenvalue weighted by atomic mass is 10.1. The number of nitro groups is 1. The molecule has 0 aliphatic heterocycles. The van der Waals surface area contributed by atoms with Gasteiger partial charge in [-0.1, -0.05) is 17.7 Å². The van der Waals surface area contributed by atoms with Gasteiger partial charge < -0.3 is 15.7 Å². The van der Waals surface area contributed by atoms with Gasteiger partial charge in [0.2, 0.25) is 0 Å². The summed E-state index contributed by atoms with van der Waals surface area (Å²) in [7, 11) is 0. The van der Waals surface area contributed by atoms with E-state index in [1.807, 2.05) is 6.07 Å². The van der Waals surface area contributed by atoms with E-state index < -0.39 is 11.0 Å². The second kappa shape index (κ2) is 7.87. The van der Waals surface area contributed by atoms with Crippen molar-refractivity contribution in [3.63, 3.8) is 0 Å². The van der Waals surface area contributed by atoms with E-state index >= 15 is 0 Å². The topological polar surface area (TPSA) is 87.4 Å². The number of nitrogens with one attached hydrogen (secondary N) is 2. The molecule has 3 N–H and O–H groups in total. The molecular weight excluding hydrogens is 338 g/mol. The molecule has 0 fully saturated rings. The van der Waals surface area contributed by atoms with Crippen molar-refractivity contribution in [2.45, 2.75) is 6.10 Å². The Hall–Kier alpha value is -2.22. The molecule has 0 spiro atoms. The van der Waals surface area contributed by atoms with Crippen molar-refractivity contribution in [2.75, 3.05) is 11.9 Å². The smallest absolute Gasteiger partial charge is 0.269 e. The third kappa shape index (κ3) is 5.17. The zero-order valence-corrected chi connectivity index (χ0v) is 13.5. The summed E-state index contributed by atoms with van der Waals surface area (Å²) in [6, 6.07) is 12.8. The number of aliphatic hydroxyl groups is 1. The van der Waals surface area contributed by atoms with Gasteiger partial charge in [0.15, 0.2) is 5.11 Å². The third-order valence-corrected chi connectivity index (χ3v) is 3.51. The standard InChI is InChI=1S/C15H14ClN3O3S/c16-11-2-1-3-12(8-11)18-15(23)17-9-14(20)10-4-6-13(7-5-10)19(21)22/h1-8,14,20H,9H2,(H2,17,18,23). The quantitative estimate of drug-likeness (QED) is 0.435. The molecule has 2 rings (SSSR count). The number of halogens is 1. The summed E-state index contributed by atoms with van der Waals surface area (Å²) in [6.45, 7) is 0.171. The van der Waals surface area contributed by atoms with Crippen LogP contribution in [0.3, 0.4) is 0 Å². The van der Waals surface area contributed by atoms with Crippen LogP contribution in [-0.2, 0) is 0 Å². The molecule has 0 bridgehead atoms. The van der Waals surface area contributed by atoms with Crippen LogP contribution in [0.5, 0.6) is 0 Å². The van der Waals surface area contributed by atoms with Crippen LogP contribution >= 0.6 is 23.8 Å². The first-order valence-electron chi connectivity index (χ1n) is 6.68. The van der Waals surface area contributed by atoms with Gasteiger partial charge in [-0.3, -0.25) is 10.1 Å². The number of anilines is 1. The maximum Gasteiger partial charge on any atom is 0.269 e. The van der Waals surface area contributed by atoms with Crippen molar-refractivity contribution in [3.05, 3.63) is 69.2 Å². The lowest BCUT2D eigenvalue weighted by Crippen LogP contribution is -2.32. The number of hydrogen-bond donors (Lipinski definition) is 3. The average Bonchev–Trinajstić information content (AvgIpc) is 2.52. The van der Waals surface area contributed by atoms with Crippen molar-refractivity contribution >= 4 is 40.3 Å². The van der Waals surface area contributed by atoms with E-state index in [-0.39, 0.29) is 12.2 Å². The summed E-state index contributed by atoms with van der Waals surface area (Å²) in [5.74, 6) is 0. The SMILES string of the molecule is O=[N+]([O-])c1ccc(C(O)CNC(=S)Nc2cccc(Cl)c2)cc1. The van der Waals surface area contributed by atoms with E-state index in [9.17, 15) is 15.2 Å². The van der Waals surface area contributed by atoms with E-state index in [1.54, 1.807) is 18.2 Å². The van der Waals surface area contributed by atoms with Crippen LogP contribution < -0.4 is 10.6 Å². The normalized spacial score (nSPS) is 11.6. The van der Waals surface area contributed by atoms with Crippen molar-refractivity contribution in [3.8, 4) is 0 Å². The molecule has 1 unspecified atom stereocenters. The van der Waals surface area contributed by atoms with Crippen LogP contribution in [0.2, 0.25) is 5.02 Å². The molecule has 8 heteroatoms. The Morgan fingerprint density at radius 3 is 2.61 bits per heavy atom. The summed E-state index contributed by atoms with van der Waals surface area (Å²) in [4.78, 5) is 10.1. The van der Waals surface area contributed by atoms with Crippen LogP contribution in [0.4, 0.5) is 11.4 Å². The fourth-order valence-electron chi connectivity index (χ4n) is 1.87. The minimum absolute atomic E-state index is 0.0212. The zero-order chi connectivity index (χ0) is 16.8. The highest BCUT2D eigenvalue weighted by molar-refractivity contribution is 7.80. The van der Waals surface area contributed by atoms with Gasteiger partial charge in [0.25, 0.3) is 5.69 Å². The van der Waals surface area contributed by atoms with Gasteiger partial charge in [-0.2, -0.15) is 0 Å². The molecule has 6 nitrogen and oxygen atoms in total. The molecule has 0 aliphatic rings. The van der Waals surface area contributed by atoms with Crippen LogP contribution in [0.1, 0.15) is 11.7 Å². The first-order valence-corrected chi connectivity index (χ1v) is 7.47. The predicted octanol–water partition coefficient (Wildman–Crippen LogP) is 3.27. The summed E-state index contributed by atoms with van der Waals surface area (Å²) in [5, 5.41) is 27.4. The Bertz CT molecular complexity index is 709. The van der Waals surface area contributed by atoms with E-state index in [2.05, 4.69) is 10.6 Å². The zero-order valence-electron chi connectivity index (χ0n) is 11.9. The van der Waals surface area contributed by atoms with E-state index in [4.69, 9.17) is 23.8 Å². The molecule has 1 atom stereocenters. The van der Waals surface area contributed by atoms with Gasteiger partial charge >= 0.3 is 0 Å². The third-order valence-electron chi connectivity index (χ3n) is 3.03.